The molecule has 0 saturated heterocycles. The van der Waals surface area contributed by atoms with Crippen molar-refractivity contribution in [3.8, 4) is 0 Å². The van der Waals surface area contributed by atoms with Gasteiger partial charge in [-0.05, 0) is 75.8 Å². The highest BCUT2D eigenvalue weighted by molar-refractivity contribution is 7.80. The van der Waals surface area contributed by atoms with Gasteiger partial charge in [0, 0.05) is 24.2 Å². The number of nitrogens with one attached hydrogen (secondary N) is 4. The van der Waals surface area contributed by atoms with Crippen molar-refractivity contribution in [2.24, 2.45) is 0 Å². The number of hydrogen-bond donors (Lipinski definition) is 4. The van der Waals surface area contributed by atoms with Gasteiger partial charge in [-0.2, -0.15) is 0 Å². The molecule has 0 aromatic rings. The molecule has 0 unspecified atom stereocenters. The van der Waals surface area contributed by atoms with Crippen molar-refractivity contribution < 1.29 is 0 Å². The first-order valence-electron chi connectivity index (χ1n) is 10.8. The summed E-state index contributed by atoms with van der Waals surface area (Å²) in [6, 6.07) is 2.20. The number of thiocarbonyl (C=S) groups is 2. The zero-order valence-corrected chi connectivity index (χ0v) is 17.7. The highest BCUT2D eigenvalue weighted by atomic mass is 32.1. The second-order valence-corrected chi connectivity index (χ2v) is 9.27. The smallest absolute Gasteiger partial charge is 0.166 e. The van der Waals surface area contributed by atoms with Crippen molar-refractivity contribution in [1.82, 2.24) is 21.3 Å². The molecular weight excluding hydrogens is 360 g/mol. The molecule has 6 heteroatoms. The summed E-state index contributed by atoms with van der Waals surface area (Å²) in [7, 11) is 0. The molecule has 148 valence electrons. The maximum atomic E-state index is 5.54. The quantitative estimate of drug-likeness (QED) is 0.541. The molecule has 4 N–H and O–H groups in total. The molecule has 0 heterocycles. The maximum absolute atomic E-state index is 5.54. The van der Waals surface area contributed by atoms with E-state index < -0.39 is 0 Å². The summed E-state index contributed by atoms with van der Waals surface area (Å²) >= 11 is 11.1. The Morgan fingerprint density at radius 2 is 0.692 bits per heavy atom. The zero-order chi connectivity index (χ0) is 18.2. The minimum absolute atomic E-state index is 0.511. The van der Waals surface area contributed by atoms with Crippen molar-refractivity contribution >= 4 is 34.7 Å². The van der Waals surface area contributed by atoms with Crippen LogP contribution >= 0.6 is 24.4 Å². The van der Waals surface area contributed by atoms with Crippen LogP contribution in [0.25, 0.3) is 0 Å². The topological polar surface area (TPSA) is 48.1 Å². The van der Waals surface area contributed by atoms with E-state index in [-0.39, 0.29) is 0 Å². The Morgan fingerprint density at radius 1 is 0.423 bits per heavy atom. The van der Waals surface area contributed by atoms with E-state index in [0.717, 1.165) is 35.9 Å². The van der Waals surface area contributed by atoms with Crippen LogP contribution in [0.2, 0.25) is 0 Å². The molecule has 0 bridgehead atoms. The Hall–Kier alpha value is -0.620. The molecule has 3 fully saturated rings. The van der Waals surface area contributed by atoms with E-state index in [1.165, 1.54) is 64.2 Å². The third-order valence-corrected chi connectivity index (χ3v) is 6.75. The molecule has 4 nitrogen and oxygen atoms in total. The van der Waals surface area contributed by atoms with Gasteiger partial charge < -0.3 is 21.3 Å². The molecule has 0 aromatic carbocycles. The van der Waals surface area contributed by atoms with Gasteiger partial charge >= 0.3 is 0 Å². The van der Waals surface area contributed by atoms with Crippen molar-refractivity contribution in [2.75, 3.05) is 0 Å². The average molecular weight is 397 g/mol. The van der Waals surface area contributed by atoms with Crippen molar-refractivity contribution in [1.29, 1.82) is 0 Å². The Labute approximate surface area is 170 Å². The molecule has 3 aliphatic carbocycles. The van der Waals surface area contributed by atoms with E-state index in [0.29, 0.717) is 24.2 Å². The molecule has 0 spiro atoms. The summed E-state index contributed by atoms with van der Waals surface area (Å²) in [4.78, 5) is 0. The molecule has 0 aliphatic heterocycles. The van der Waals surface area contributed by atoms with Gasteiger partial charge in [0.1, 0.15) is 0 Å². The Morgan fingerprint density at radius 3 is 1.00 bits per heavy atom. The van der Waals surface area contributed by atoms with Gasteiger partial charge in [-0.15, -0.1) is 0 Å². The lowest BCUT2D eigenvalue weighted by molar-refractivity contribution is 0.346. The molecule has 0 amide bonds. The number of rotatable bonds is 4. The van der Waals surface area contributed by atoms with Gasteiger partial charge in [-0.3, -0.25) is 0 Å². The van der Waals surface area contributed by atoms with E-state index in [4.69, 9.17) is 24.4 Å². The van der Waals surface area contributed by atoms with Crippen LogP contribution in [0.4, 0.5) is 0 Å². The van der Waals surface area contributed by atoms with E-state index >= 15 is 0 Å². The van der Waals surface area contributed by atoms with Crippen LogP contribution in [-0.2, 0) is 0 Å². The molecule has 0 radical (unpaired) electrons. The summed E-state index contributed by atoms with van der Waals surface area (Å²) in [5.41, 5.74) is 0. The third kappa shape index (κ3) is 6.84. The predicted octanol–water partition coefficient (Wildman–Crippen LogP) is 3.89. The van der Waals surface area contributed by atoms with Crippen molar-refractivity contribution in [3.05, 3.63) is 0 Å². The van der Waals surface area contributed by atoms with Crippen LogP contribution in [0.5, 0.6) is 0 Å². The lowest BCUT2D eigenvalue weighted by Gasteiger charge is -2.33. The van der Waals surface area contributed by atoms with Crippen LogP contribution in [-0.4, -0.2) is 34.4 Å². The fraction of sp³-hybridized carbons (Fsp3) is 0.900. The maximum Gasteiger partial charge on any atom is 0.166 e. The Bertz CT molecular complexity index is 409. The summed E-state index contributed by atoms with van der Waals surface area (Å²) in [6.45, 7) is 0. The lowest BCUT2D eigenvalue weighted by Crippen LogP contribution is -2.51. The average Bonchev–Trinajstić information content (AvgIpc) is 2.65. The van der Waals surface area contributed by atoms with E-state index in [2.05, 4.69) is 21.3 Å². The van der Waals surface area contributed by atoms with E-state index in [9.17, 15) is 0 Å². The molecule has 3 aliphatic rings. The summed E-state index contributed by atoms with van der Waals surface area (Å²) in [5, 5.41) is 15.9. The van der Waals surface area contributed by atoms with E-state index in [1.54, 1.807) is 0 Å². The summed E-state index contributed by atoms with van der Waals surface area (Å²) in [5.74, 6) is 0. The van der Waals surface area contributed by atoms with Gasteiger partial charge in [0.2, 0.25) is 0 Å². The van der Waals surface area contributed by atoms with Crippen LogP contribution < -0.4 is 21.3 Å². The lowest BCUT2D eigenvalue weighted by atomic mass is 9.91. The molecule has 0 aromatic heterocycles. The molecular formula is C20H36N4S2. The second kappa shape index (κ2) is 10.6. The third-order valence-electron chi connectivity index (χ3n) is 6.28. The van der Waals surface area contributed by atoms with Crippen LogP contribution in [0.15, 0.2) is 0 Å². The number of hydrogen-bond acceptors (Lipinski definition) is 2. The van der Waals surface area contributed by atoms with Crippen LogP contribution in [0, 0.1) is 0 Å². The highest BCUT2D eigenvalue weighted by Gasteiger charge is 2.23. The van der Waals surface area contributed by atoms with Crippen LogP contribution in [0.1, 0.15) is 89.9 Å². The van der Waals surface area contributed by atoms with Crippen molar-refractivity contribution in [3.63, 3.8) is 0 Å². The van der Waals surface area contributed by atoms with Gasteiger partial charge in [-0.1, -0.05) is 38.5 Å². The highest BCUT2D eigenvalue weighted by Crippen LogP contribution is 2.21. The standard InChI is InChI=1S/C20H36N4S2/c25-19(21-15-7-3-1-4-8-15)23-17-11-13-18(14-12-17)24-20(26)22-16-9-5-2-6-10-16/h15-18H,1-14H2,(H2,21,23,25)(H2,22,24,26). The Balaban J connectivity index is 1.29. The van der Waals surface area contributed by atoms with Gasteiger partial charge in [-0.25, -0.2) is 0 Å². The second-order valence-electron chi connectivity index (χ2n) is 8.45. The molecule has 3 rings (SSSR count). The molecule has 26 heavy (non-hydrogen) atoms. The van der Waals surface area contributed by atoms with Gasteiger partial charge in [0.15, 0.2) is 10.2 Å². The summed E-state index contributed by atoms with van der Waals surface area (Å²) < 4.78 is 0. The van der Waals surface area contributed by atoms with Crippen LogP contribution in [0.3, 0.4) is 0 Å². The predicted molar refractivity (Wildman–Crippen MR) is 118 cm³/mol. The van der Waals surface area contributed by atoms with Gasteiger partial charge in [0.05, 0.1) is 0 Å². The van der Waals surface area contributed by atoms with Gasteiger partial charge in [0.25, 0.3) is 0 Å². The molecule has 0 atom stereocenters. The SMILES string of the molecule is S=C(NC1CCCCC1)NC1CCC(NC(=S)NC2CCCCC2)CC1. The molecule has 3 saturated carbocycles. The fourth-order valence-electron chi connectivity index (χ4n) is 4.70. The Kier molecular flexibility index (Phi) is 8.24. The monoisotopic (exact) mass is 396 g/mol. The van der Waals surface area contributed by atoms with E-state index in [1.807, 2.05) is 0 Å². The minimum Gasteiger partial charge on any atom is -0.360 e. The largest absolute Gasteiger partial charge is 0.360 e. The normalized spacial score (nSPS) is 28.2. The first kappa shape index (κ1) is 20.1. The first-order chi connectivity index (χ1) is 12.7. The fourth-order valence-corrected chi connectivity index (χ4v) is 5.37. The first-order valence-corrected chi connectivity index (χ1v) is 11.6. The summed E-state index contributed by atoms with van der Waals surface area (Å²) in [6.07, 6.45) is 17.8. The zero-order valence-electron chi connectivity index (χ0n) is 16.0. The minimum atomic E-state index is 0.511. The van der Waals surface area contributed by atoms with Crippen molar-refractivity contribution in [2.45, 2.75) is 114 Å².